The second-order valence-corrected chi connectivity index (χ2v) is 3.77. The van der Waals surface area contributed by atoms with Crippen LogP contribution in [0.2, 0.25) is 0 Å². The van der Waals surface area contributed by atoms with Crippen molar-refractivity contribution in [3.63, 3.8) is 0 Å². The molecule has 0 aliphatic heterocycles. The van der Waals surface area contributed by atoms with Gasteiger partial charge in [-0.1, -0.05) is 0 Å². The van der Waals surface area contributed by atoms with Gasteiger partial charge in [-0.25, -0.2) is 18.7 Å². The summed E-state index contributed by atoms with van der Waals surface area (Å²) >= 11 is 0. The Morgan fingerprint density at radius 1 is 1.17 bits per heavy atom. The van der Waals surface area contributed by atoms with E-state index in [9.17, 15) is 8.78 Å². The van der Waals surface area contributed by atoms with E-state index in [0.717, 1.165) is 6.20 Å². The predicted molar refractivity (Wildman–Crippen MR) is 62.1 cm³/mol. The van der Waals surface area contributed by atoms with Gasteiger partial charge in [0.1, 0.15) is 5.52 Å². The molecule has 18 heavy (non-hydrogen) atoms. The van der Waals surface area contributed by atoms with Crippen molar-refractivity contribution in [1.29, 1.82) is 0 Å². The van der Waals surface area contributed by atoms with Crippen LogP contribution >= 0.6 is 0 Å². The zero-order valence-electron chi connectivity index (χ0n) is 9.14. The molecule has 0 bridgehead atoms. The molecule has 1 N–H and O–H groups in total. The Morgan fingerprint density at radius 3 is 2.89 bits per heavy atom. The molecule has 0 atom stereocenters. The molecule has 0 radical (unpaired) electrons. The monoisotopic (exact) mass is 246 g/mol. The number of H-pyrrole nitrogens is 1. The highest BCUT2D eigenvalue weighted by molar-refractivity contribution is 5.73. The molecule has 0 fully saturated rings. The summed E-state index contributed by atoms with van der Waals surface area (Å²) in [5.74, 6) is 0. The molecule has 3 rings (SSSR count). The maximum Gasteiger partial charge on any atom is 0.265 e. The van der Waals surface area contributed by atoms with Crippen molar-refractivity contribution in [2.45, 2.75) is 6.43 Å². The minimum atomic E-state index is -2.54. The van der Waals surface area contributed by atoms with Crippen LogP contribution in [0.4, 0.5) is 8.78 Å². The summed E-state index contributed by atoms with van der Waals surface area (Å²) in [6, 6.07) is 3.15. The summed E-state index contributed by atoms with van der Waals surface area (Å²) in [5, 5.41) is 0. The van der Waals surface area contributed by atoms with Gasteiger partial charge >= 0.3 is 0 Å². The average Bonchev–Trinajstić information content (AvgIpc) is 2.86. The van der Waals surface area contributed by atoms with Crippen LogP contribution in [0.25, 0.3) is 22.4 Å². The summed E-state index contributed by atoms with van der Waals surface area (Å²) in [7, 11) is 0. The van der Waals surface area contributed by atoms with Crippen molar-refractivity contribution in [3.8, 4) is 11.3 Å². The highest BCUT2D eigenvalue weighted by Crippen LogP contribution is 2.23. The maximum absolute atomic E-state index is 12.6. The van der Waals surface area contributed by atoms with E-state index in [-0.39, 0.29) is 5.56 Å². The van der Waals surface area contributed by atoms with Crippen LogP contribution in [0.5, 0.6) is 0 Å². The van der Waals surface area contributed by atoms with Crippen molar-refractivity contribution in [3.05, 3.63) is 42.5 Å². The van der Waals surface area contributed by atoms with Crippen molar-refractivity contribution < 1.29 is 8.78 Å². The quantitative estimate of drug-likeness (QED) is 0.756. The number of rotatable bonds is 2. The fourth-order valence-corrected chi connectivity index (χ4v) is 1.69. The van der Waals surface area contributed by atoms with Crippen LogP contribution in [0, 0.1) is 0 Å². The number of aromatic nitrogens is 4. The van der Waals surface area contributed by atoms with Gasteiger partial charge in [0.05, 0.1) is 11.9 Å². The topological polar surface area (TPSA) is 54.5 Å². The fraction of sp³-hybridized carbons (Fsp3) is 0.0833. The first kappa shape index (κ1) is 10.8. The minimum Gasteiger partial charge on any atom is -0.345 e. The highest BCUT2D eigenvalue weighted by atomic mass is 19.3. The first-order chi connectivity index (χ1) is 8.74. The average molecular weight is 246 g/mol. The molecule has 6 heteroatoms. The third kappa shape index (κ3) is 1.81. The second-order valence-electron chi connectivity index (χ2n) is 3.77. The molecule has 0 amide bonds. The number of aromatic amines is 1. The van der Waals surface area contributed by atoms with E-state index in [1.807, 2.05) is 0 Å². The van der Waals surface area contributed by atoms with Crippen LogP contribution in [-0.4, -0.2) is 19.9 Å². The van der Waals surface area contributed by atoms with Crippen molar-refractivity contribution >= 4 is 11.2 Å². The van der Waals surface area contributed by atoms with Gasteiger partial charge < -0.3 is 4.98 Å². The number of halogens is 2. The molecule has 0 saturated carbocycles. The molecule has 0 aliphatic carbocycles. The Balaban J connectivity index is 2.10. The normalized spacial score (nSPS) is 11.3. The number of fused-ring (bicyclic) bond motifs is 1. The second kappa shape index (κ2) is 4.14. The van der Waals surface area contributed by atoms with Crippen molar-refractivity contribution in [1.82, 2.24) is 19.9 Å². The molecular weight excluding hydrogens is 238 g/mol. The lowest BCUT2D eigenvalue weighted by Gasteiger charge is -2.03. The van der Waals surface area contributed by atoms with Gasteiger partial charge in [0.25, 0.3) is 6.43 Å². The van der Waals surface area contributed by atoms with Gasteiger partial charge in [0.2, 0.25) is 0 Å². The van der Waals surface area contributed by atoms with Crippen LogP contribution in [0.15, 0.2) is 36.9 Å². The van der Waals surface area contributed by atoms with Gasteiger partial charge in [-0.05, 0) is 12.1 Å². The van der Waals surface area contributed by atoms with Gasteiger partial charge in [-0.15, -0.1) is 0 Å². The molecule has 3 aromatic heterocycles. The molecule has 0 unspecified atom stereocenters. The minimum absolute atomic E-state index is 0.122. The first-order valence-electron chi connectivity index (χ1n) is 5.27. The summed E-state index contributed by atoms with van der Waals surface area (Å²) in [4.78, 5) is 15.2. The zero-order chi connectivity index (χ0) is 12.5. The molecule has 3 aromatic rings. The molecule has 0 spiro atoms. The summed E-state index contributed by atoms with van der Waals surface area (Å²) in [6.07, 6.45) is 3.36. The Bertz CT molecular complexity index is 693. The van der Waals surface area contributed by atoms with Crippen molar-refractivity contribution in [2.24, 2.45) is 0 Å². The lowest BCUT2D eigenvalue weighted by molar-refractivity contribution is 0.151. The highest BCUT2D eigenvalue weighted by Gasteiger charge is 2.10. The molecule has 0 saturated heterocycles. The lowest BCUT2D eigenvalue weighted by Crippen LogP contribution is -1.91. The number of pyridine rings is 1. The maximum atomic E-state index is 12.6. The first-order valence-corrected chi connectivity index (χ1v) is 5.27. The number of hydrogen-bond acceptors (Lipinski definition) is 3. The third-order valence-electron chi connectivity index (χ3n) is 2.57. The van der Waals surface area contributed by atoms with E-state index in [4.69, 9.17) is 0 Å². The SMILES string of the molecule is FC(F)c1cncc(-c2cnc3[nH]ccc3n2)c1. The largest absolute Gasteiger partial charge is 0.345 e. The van der Waals surface area contributed by atoms with E-state index in [0.29, 0.717) is 22.4 Å². The molecule has 0 aromatic carbocycles. The van der Waals surface area contributed by atoms with Gasteiger partial charge in [-0.2, -0.15) is 0 Å². The molecule has 3 heterocycles. The van der Waals surface area contributed by atoms with E-state index in [1.165, 1.54) is 18.5 Å². The number of hydrogen-bond donors (Lipinski definition) is 1. The number of alkyl halides is 2. The lowest BCUT2D eigenvalue weighted by atomic mass is 10.1. The molecule has 0 aliphatic rings. The Hall–Kier alpha value is -2.37. The standard InChI is InChI=1S/C12H8F2N4/c13-11(14)8-3-7(4-15-5-8)10-6-17-12-9(18-10)1-2-16-12/h1-6,11H,(H,16,17). The number of nitrogens with zero attached hydrogens (tertiary/aromatic N) is 3. The Kier molecular flexibility index (Phi) is 2.47. The molecule has 4 nitrogen and oxygen atoms in total. The van der Waals surface area contributed by atoms with Gasteiger partial charge in [0, 0.05) is 29.7 Å². The fourth-order valence-electron chi connectivity index (χ4n) is 1.69. The van der Waals surface area contributed by atoms with Crippen LogP contribution in [-0.2, 0) is 0 Å². The number of nitrogens with one attached hydrogen (secondary N) is 1. The van der Waals surface area contributed by atoms with Gasteiger partial charge in [0.15, 0.2) is 5.65 Å². The van der Waals surface area contributed by atoms with E-state index >= 15 is 0 Å². The van der Waals surface area contributed by atoms with Crippen molar-refractivity contribution in [2.75, 3.05) is 0 Å². The van der Waals surface area contributed by atoms with E-state index in [2.05, 4.69) is 19.9 Å². The molecule has 90 valence electrons. The zero-order valence-corrected chi connectivity index (χ0v) is 9.14. The summed E-state index contributed by atoms with van der Waals surface area (Å²) in [6.45, 7) is 0. The molecular formula is C12H8F2N4. The van der Waals surface area contributed by atoms with Crippen LogP contribution in [0.3, 0.4) is 0 Å². The third-order valence-corrected chi connectivity index (χ3v) is 2.57. The smallest absolute Gasteiger partial charge is 0.265 e. The Morgan fingerprint density at radius 2 is 2.06 bits per heavy atom. The Labute approximate surface area is 101 Å². The predicted octanol–water partition coefficient (Wildman–Crippen LogP) is 2.96. The van der Waals surface area contributed by atoms with Gasteiger partial charge in [-0.3, -0.25) is 4.98 Å². The summed E-state index contributed by atoms with van der Waals surface area (Å²) in [5.41, 5.74) is 2.29. The van der Waals surface area contributed by atoms with E-state index in [1.54, 1.807) is 12.3 Å². The van der Waals surface area contributed by atoms with Crippen LogP contribution in [0.1, 0.15) is 12.0 Å². The van der Waals surface area contributed by atoms with Crippen LogP contribution < -0.4 is 0 Å². The summed E-state index contributed by atoms with van der Waals surface area (Å²) < 4.78 is 25.2. The van der Waals surface area contributed by atoms with E-state index < -0.39 is 6.43 Å².